The van der Waals surface area contributed by atoms with Crippen LogP contribution in [0.4, 0.5) is 0 Å². The lowest BCUT2D eigenvalue weighted by Crippen LogP contribution is -2.19. The lowest BCUT2D eigenvalue weighted by atomic mass is 10.2. The zero-order valence-corrected chi connectivity index (χ0v) is 9.40. The number of imidazole rings is 2. The van der Waals surface area contributed by atoms with E-state index in [9.17, 15) is 4.79 Å². The molecule has 0 saturated carbocycles. The summed E-state index contributed by atoms with van der Waals surface area (Å²) < 4.78 is 3.28. The van der Waals surface area contributed by atoms with Crippen molar-refractivity contribution in [1.29, 1.82) is 0 Å². The van der Waals surface area contributed by atoms with Gasteiger partial charge in [0.2, 0.25) is 0 Å². The van der Waals surface area contributed by atoms with E-state index < -0.39 is 0 Å². The highest BCUT2D eigenvalue weighted by Crippen LogP contribution is 2.19. The molecule has 3 aromatic rings. The Hall–Kier alpha value is -2.04. The summed E-state index contributed by atoms with van der Waals surface area (Å²) >= 11 is 0. The number of aryl methyl sites for hydroxylation is 3. The molecule has 0 fully saturated rings. The highest BCUT2D eigenvalue weighted by molar-refractivity contribution is 5.91. The Bertz CT molecular complexity index is 700. The number of aromatic amines is 1. The fourth-order valence-electron chi connectivity index (χ4n) is 2.13. The molecule has 1 N–H and O–H groups in total. The molecule has 3 rings (SSSR count). The van der Waals surface area contributed by atoms with Gasteiger partial charge >= 0.3 is 5.69 Å². The predicted molar refractivity (Wildman–Crippen MR) is 62.5 cm³/mol. The number of nitrogens with one attached hydrogen (secondary N) is 1. The molecule has 0 bridgehead atoms. The van der Waals surface area contributed by atoms with Gasteiger partial charge in [-0.05, 0) is 19.1 Å². The second-order valence-corrected chi connectivity index (χ2v) is 4.08. The number of aromatic nitrogens is 4. The highest BCUT2D eigenvalue weighted by atomic mass is 16.1. The van der Waals surface area contributed by atoms with Crippen LogP contribution in [0, 0.1) is 6.92 Å². The van der Waals surface area contributed by atoms with Crippen LogP contribution in [0.25, 0.3) is 22.1 Å². The van der Waals surface area contributed by atoms with Gasteiger partial charge in [-0.15, -0.1) is 0 Å². The first kappa shape index (κ1) is 9.21. The SMILES string of the molecule is Cc1nc2cc3c(cc2[nH]1)n(C)c(=O)n3C. The van der Waals surface area contributed by atoms with E-state index in [4.69, 9.17) is 0 Å². The molecular weight excluding hydrogens is 204 g/mol. The summed E-state index contributed by atoms with van der Waals surface area (Å²) in [5.74, 6) is 0.885. The van der Waals surface area contributed by atoms with E-state index in [0.29, 0.717) is 0 Å². The average Bonchev–Trinajstić information content (AvgIpc) is 2.70. The Morgan fingerprint density at radius 1 is 1.19 bits per heavy atom. The summed E-state index contributed by atoms with van der Waals surface area (Å²) in [4.78, 5) is 19.3. The lowest BCUT2D eigenvalue weighted by molar-refractivity contribution is 0.795. The first-order chi connectivity index (χ1) is 7.58. The molecule has 0 radical (unpaired) electrons. The van der Waals surface area contributed by atoms with Crippen molar-refractivity contribution in [3.8, 4) is 0 Å². The predicted octanol–water partition coefficient (Wildman–Crippen LogP) is 1.06. The van der Waals surface area contributed by atoms with Crippen molar-refractivity contribution >= 4 is 22.1 Å². The van der Waals surface area contributed by atoms with Crippen molar-refractivity contribution in [2.75, 3.05) is 0 Å². The molecule has 16 heavy (non-hydrogen) atoms. The summed E-state index contributed by atoms with van der Waals surface area (Å²) in [7, 11) is 3.55. The lowest BCUT2D eigenvalue weighted by Gasteiger charge is -1.94. The van der Waals surface area contributed by atoms with Crippen LogP contribution in [-0.2, 0) is 14.1 Å². The molecule has 5 nitrogen and oxygen atoms in total. The third-order valence-electron chi connectivity index (χ3n) is 2.99. The molecule has 0 atom stereocenters. The van der Waals surface area contributed by atoms with E-state index in [1.165, 1.54) is 0 Å². The summed E-state index contributed by atoms with van der Waals surface area (Å²) in [5, 5.41) is 0. The summed E-state index contributed by atoms with van der Waals surface area (Å²) in [6, 6.07) is 3.90. The summed E-state index contributed by atoms with van der Waals surface area (Å²) in [6.07, 6.45) is 0. The van der Waals surface area contributed by atoms with Crippen molar-refractivity contribution in [2.24, 2.45) is 14.1 Å². The second kappa shape index (κ2) is 2.75. The second-order valence-electron chi connectivity index (χ2n) is 4.08. The van der Waals surface area contributed by atoms with Crippen molar-refractivity contribution in [1.82, 2.24) is 19.1 Å². The van der Waals surface area contributed by atoms with Crippen molar-refractivity contribution < 1.29 is 0 Å². The molecule has 82 valence electrons. The quantitative estimate of drug-likeness (QED) is 0.611. The first-order valence-electron chi connectivity index (χ1n) is 5.09. The standard InChI is InChI=1S/C11H12N4O/c1-6-12-7-4-9-10(5-8(7)13-6)15(3)11(16)14(9)2/h4-5H,1-3H3,(H,12,13). The number of H-pyrrole nitrogens is 1. The maximum atomic E-state index is 11.8. The number of hydrogen-bond acceptors (Lipinski definition) is 2. The van der Waals surface area contributed by atoms with Crippen LogP contribution in [0.1, 0.15) is 5.82 Å². The number of nitrogens with zero attached hydrogens (tertiary/aromatic N) is 3. The Morgan fingerprint density at radius 3 is 2.50 bits per heavy atom. The molecule has 0 aliphatic carbocycles. The van der Waals surface area contributed by atoms with Crippen LogP contribution in [0.5, 0.6) is 0 Å². The summed E-state index contributed by atoms with van der Waals surface area (Å²) in [6.45, 7) is 1.92. The van der Waals surface area contributed by atoms with Gasteiger partial charge in [0.1, 0.15) is 5.82 Å². The van der Waals surface area contributed by atoms with E-state index in [-0.39, 0.29) is 5.69 Å². The molecule has 0 saturated heterocycles. The molecule has 0 aliphatic heterocycles. The van der Waals surface area contributed by atoms with Gasteiger partial charge in [-0.1, -0.05) is 0 Å². The molecule has 0 unspecified atom stereocenters. The average molecular weight is 216 g/mol. The van der Waals surface area contributed by atoms with E-state index in [2.05, 4.69) is 9.97 Å². The molecule has 1 aromatic carbocycles. The van der Waals surface area contributed by atoms with Gasteiger partial charge in [-0.3, -0.25) is 9.13 Å². The van der Waals surface area contributed by atoms with Gasteiger partial charge in [-0.25, -0.2) is 9.78 Å². The number of hydrogen-bond donors (Lipinski definition) is 1. The normalized spacial score (nSPS) is 11.7. The Morgan fingerprint density at radius 2 is 1.81 bits per heavy atom. The maximum absolute atomic E-state index is 11.8. The molecule has 2 heterocycles. The van der Waals surface area contributed by atoms with Crippen LogP contribution < -0.4 is 5.69 Å². The Labute approximate surface area is 91.3 Å². The molecule has 5 heteroatoms. The van der Waals surface area contributed by atoms with Crippen LogP contribution in [0.3, 0.4) is 0 Å². The highest BCUT2D eigenvalue weighted by Gasteiger charge is 2.10. The number of fused-ring (bicyclic) bond motifs is 2. The molecule has 0 amide bonds. The Kier molecular flexibility index (Phi) is 1.58. The van der Waals surface area contributed by atoms with Crippen LogP contribution in [0.2, 0.25) is 0 Å². The van der Waals surface area contributed by atoms with E-state index in [1.807, 2.05) is 19.1 Å². The first-order valence-corrected chi connectivity index (χ1v) is 5.09. The van der Waals surface area contributed by atoms with Gasteiger partial charge < -0.3 is 4.98 Å². The maximum Gasteiger partial charge on any atom is 0.328 e. The molecule has 0 spiro atoms. The van der Waals surface area contributed by atoms with E-state index in [0.717, 1.165) is 27.9 Å². The van der Waals surface area contributed by atoms with Crippen molar-refractivity contribution in [3.05, 3.63) is 28.4 Å². The van der Waals surface area contributed by atoms with Crippen molar-refractivity contribution in [2.45, 2.75) is 6.92 Å². The fraction of sp³-hybridized carbons (Fsp3) is 0.273. The molecule has 2 aromatic heterocycles. The van der Waals surface area contributed by atoms with Gasteiger partial charge in [0.15, 0.2) is 0 Å². The van der Waals surface area contributed by atoms with Gasteiger partial charge in [0, 0.05) is 14.1 Å². The monoisotopic (exact) mass is 216 g/mol. The van der Waals surface area contributed by atoms with E-state index in [1.54, 1.807) is 23.2 Å². The van der Waals surface area contributed by atoms with Crippen LogP contribution in [-0.4, -0.2) is 19.1 Å². The largest absolute Gasteiger partial charge is 0.342 e. The fourth-order valence-corrected chi connectivity index (χ4v) is 2.13. The topological polar surface area (TPSA) is 55.6 Å². The minimum atomic E-state index is -0.0145. The smallest absolute Gasteiger partial charge is 0.328 e. The van der Waals surface area contributed by atoms with Gasteiger partial charge in [0.05, 0.1) is 22.1 Å². The third-order valence-corrected chi connectivity index (χ3v) is 2.99. The Balaban J connectivity index is 2.59. The minimum Gasteiger partial charge on any atom is -0.342 e. The van der Waals surface area contributed by atoms with Crippen LogP contribution >= 0.6 is 0 Å². The molecule has 0 aliphatic rings. The van der Waals surface area contributed by atoms with Crippen LogP contribution in [0.15, 0.2) is 16.9 Å². The van der Waals surface area contributed by atoms with Gasteiger partial charge in [-0.2, -0.15) is 0 Å². The molecular formula is C11H12N4O. The summed E-state index contributed by atoms with van der Waals surface area (Å²) in [5.41, 5.74) is 3.67. The minimum absolute atomic E-state index is 0.0145. The number of benzene rings is 1. The zero-order valence-electron chi connectivity index (χ0n) is 9.40. The zero-order chi connectivity index (χ0) is 11.4. The third kappa shape index (κ3) is 0.997. The van der Waals surface area contributed by atoms with E-state index >= 15 is 0 Å². The van der Waals surface area contributed by atoms with Crippen molar-refractivity contribution in [3.63, 3.8) is 0 Å². The number of rotatable bonds is 0. The van der Waals surface area contributed by atoms with Gasteiger partial charge in [0.25, 0.3) is 0 Å².